The summed E-state index contributed by atoms with van der Waals surface area (Å²) < 4.78 is 10.5. The maximum absolute atomic E-state index is 13.7. The molecule has 0 aliphatic rings. The van der Waals surface area contributed by atoms with Crippen molar-refractivity contribution in [2.75, 3.05) is 10.6 Å². The van der Waals surface area contributed by atoms with Gasteiger partial charge < -0.3 is 35.5 Å². The van der Waals surface area contributed by atoms with Crippen LogP contribution in [-0.4, -0.2) is 52.1 Å². The van der Waals surface area contributed by atoms with Crippen molar-refractivity contribution in [3.8, 4) is 0 Å². The molecule has 1 aromatic heterocycles. The average Bonchev–Trinajstić information content (AvgIpc) is 3.01. The van der Waals surface area contributed by atoms with Gasteiger partial charge in [-0.3, -0.25) is 14.4 Å². The summed E-state index contributed by atoms with van der Waals surface area (Å²) >= 11 is 0. The number of amides is 3. The van der Waals surface area contributed by atoms with Gasteiger partial charge in [-0.05, 0) is 56.0 Å². The monoisotopic (exact) mass is 643 g/mol. The largest absolute Gasteiger partial charge is 0.481 e. The van der Waals surface area contributed by atoms with Crippen molar-refractivity contribution in [1.29, 1.82) is 0 Å². The van der Waals surface area contributed by atoms with E-state index in [2.05, 4.69) is 26.3 Å². The summed E-state index contributed by atoms with van der Waals surface area (Å²) in [6, 6.07) is 18.6. The van der Waals surface area contributed by atoms with Crippen molar-refractivity contribution in [3.63, 3.8) is 0 Å². The normalized spacial score (nSPS) is 12.2. The van der Waals surface area contributed by atoms with E-state index >= 15 is 0 Å². The lowest BCUT2D eigenvalue weighted by Crippen LogP contribution is -2.53. The van der Waals surface area contributed by atoms with E-state index < -0.39 is 48.0 Å². The molecule has 4 rings (SSSR count). The zero-order valence-electron chi connectivity index (χ0n) is 26.2. The van der Waals surface area contributed by atoms with Crippen LogP contribution in [0.2, 0.25) is 0 Å². The lowest BCUT2D eigenvalue weighted by atomic mass is 10.0. The highest BCUT2D eigenvalue weighted by molar-refractivity contribution is 6.00. The summed E-state index contributed by atoms with van der Waals surface area (Å²) in [5.74, 6) is -2.52. The molecule has 3 aromatic carbocycles. The molecular weight excluding hydrogens is 606 g/mol. The van der Waals surface area contributed by atoms with E-state index in [1.54, 1.807) is 61.5 Å². The number of carbonyl (C=O) groups is 4. The van der Waals surface area contributed by atoms with E-state index in [1.165, 1.54) is 6.07 Å². The second-order valence-electron chi connectivity index (χ2n) is 11.2. The Balaban J connectivity index is 1.55. The van der Waals surface area contributed by atoms with E-state index in [9.17, 15) is 29.1 Å². The first kappa shape index (κ1) is 34.2. The fourth-order valence-electron chi connectivity index (χ4n) is 4.78. The fraction of sp³-hybridized carbons (Fsp3) is 0.294. The SMILES string of the molecule is Cc1cc(NC(=O)[C@H](Cc2ccccc2)NC(=O)[C@H](CCC(=O)O)NC(=O)OCc2ccccc2)cc2nc(NC(C)C)oc(=O)c12. The Morgan fingerprint density at radius 2 is 1.55 bits per heavy atom. The first-order valence-electron chi connectivity index (χ1n) is 15.0. The van der Waals surface area contributed by atoms with Crippen molar-refractivity contribution in [3.05, 3.63) is 99.9 Å². The van der Waals surface area contributed by atoms with Crippen molar-refractivity contribution < 1.29 is 33.4 Å². The Morgan fingerprint density at radius 3 is 2.19 bits per heavy atom. The second kappa shape index (κ2) is 16.0. The molecule has 13 nitrogen and oxygen atoms in total. The molecule has 0 aliphatic carbocycles. The van der Waals surface area contributed by atoms with Crippen LogP contribution in [0.3, 0.4) is 0 Å². The Labute approximate surface area is 270 Å². The minimum absolute atomic E-state index is 0.0387. The molecule has 1 heterocycles. The fourth-order valence-corrected chi connectivity index (χ4v) is 4.78. The van der Waals surface area contributed by atoms with Crippen molar-refractivity contribution in [2.45, 2.75) is 64.8 Å². The molecule has 4 aromatic rings. The Hall–Kier alpha value is -5.72. The van der Waals surface area contributed by atoms with Gasteiger partial charge in [0, 0.05) is 24.6 Å². The van der Waals surface area contributed by atoms with Gasteiger partial charge >= 0.3 is 17.7 Å². The predicted octanol–water partition coefficient (Wildman–Crippen LogP) is 4.14. The quantitative estimate of drug-likeness (QED) is 0.134. The van der Waals surface area contributed by atoms with Crippen LogP contribution in [0, 0.1) is 6.92 Å². The van der Waals surface area contributed by atoms with E-state index in [4.69, 9.17) is 9.15 Å². The van der Waals surface area contributed by atoms with Crippen LogP contribution in [0.25, 0.3) is 10.9 Å². The third-order valence-electron chi connectivity index (χ3n) is 6.99. The molecule has 246 valence electrons. The number of fused-ring (bicyclic) bond motifs is 1. The number of alkyl carbamates (subject to hydrolysis) is 1. The number of rotatable bonds is 14. The van der Waals surface area contributed by atoms with Crippen molar-refractivity contribution in [2.24, 2.45) is 0 Å². The van der Waals surface area contributed by atoms with Crippen LogP contribution in [-0.2, 0) is 32.1 Å². The summed E-state index contributed by atoms with van der Waals surface area (Å²) in [5.41, 5.74) is 2.03. The topological polar surface area (TPSA) is 189 Å². The van der Waals surface area contributed by atoms with Gasteiger partial charge in [-0.1, -0.05) is 60.7 Å². The van der Waals surface area contributed by atoms with Gasteiger partial charge in [0.15, 0.2) is 0 Å². The highest BCUT2D eigenvalue weighted by atomic mass is 16.5. The number of aromatic nitrogens is 1. The Kier molecular flexibility index (Phi) is 11.6. The number of aryl methyl sites for hydroxylation is 1. The van der Waals surface area contributed by atoms with Crippen LogP contribution >= 0.6 is 0 Å². The first-order chi connectivity index (χ1) is 22.5. The van der Waals surface area contributed by atoms with Gasteiger partial charge in [-0.2, -0.15) is 4.98 Å². The molecule has 13 heteroatoms. The van der Waals surface area contributed by atoms with Crippen LogP contribution in [0.1, 0.15) is 43.4 Å². The van der Waals surface area contributed by atoms with E-state index in [1.807, 2.05) is 26.0 Å². The van der Waals surface area contributed by atoms with Gasteiger partial charge in [-0.25, -0.2) is 9.59 Å². The predicted molar refractivity (Wildman–Crippen MR) is 175 cm³/mol. The number of hydrogen-bond donors (Lipinski definition) is 5. The second-order valence-corrected chi connectivity index (χ2v) is 11.2. The molecule has 47 heavy (non-hydrogen) atoms. The van der Waals surface area contributed by atoms with E-state index in [0.29, 0.717) is 16.8 Å². The molecule has 0 aliphatic heterocycles. The summed E-state index contributed by atoms with van der Waals surface area (Å²) in [6.45, 7) is 5.36. The first-order valence-corrected chi connectivity index (χ1v) is 15.0. The molecule has 0 radical (unpaired) electrons. The third-order valence-corrected chi connectivity index (χ3v) is 6.99. The number of anilines is 2. The van der Waals surface area contributed by atoms with Crippen LogP contribution < -0.4 is 26.9 Å². The maximum Gasteiger partial charge on any atom is 0.408 e. The number of hydrogen-bond acceptors (Lipinski definition) is 9. The zero-order valence-corrected chi connectivity index (χ0v) is 26.2. The van der Waals surface area contributed by atoms with Gasteiger partial charge in [-0.15, -0.1) is 0 Å². The van der Waals surface area contributed by atoms with Crippen molar-refractivity contribution in [1.82, 2.24) is 15.6 Å². The Morgan fingerprint density at radius 1 is 0.894 bits per heavy atom. The summed E-state index contributed by atoms with van der Waals surface area (Å²) in [7, 11) is 0. The number of aliphatic carboxylic acids is 1. The van der Waals surface area contributed by atoms with Gasteiger partial charge in [0.2, 0.25) is 11.8 Å². The average molecular weight is 644 g/mol. The number of ether oxygens (including phenoxy) is 1. The lowest BCUT2D eigenvalue weighted by Gasteiger charge is -2.23. The molecular formula is C34H37N5O8. The molecule has 0 fully saturated rings. The third kappa shape index (κ3) is 10.1. The number of nitrogens with zero attached hydrogens (tertiary/aromatic N) is 1. The zero-order chi connectivity index (χ0) is 33.9. The van der Waals surface area contributed by atoms with E-state index in [-0.39, 0.29) is 36.9 Å². The molecule has 0 unspecified atom stereocenters. The molecule has 3 amide bonds. The molecule has 0 saturated carbocycles. The van der Waals surface area contributed by atoms with Gasteiger partial charge in [0.05, 0.1) is 10.9 Å². The number of carbonyl (C=O) groups excluding carboxylic acids is 3. The number of nitrogens with one attached hydrogen (secondary N) is 4. The highest BCUT2D eigenvalue weighted by Gasteiger charge is 2.28. The van der Waals surface area contributed by atoms with Gasteiger partial charge in [0.1, 0.15) is 18.7 Å². The standard InChI is InChI=1S/C34H37N5O8/c1-20(2)35-33-38-26-18-24(16-21(3)29(26)32(44)47-33)36-31(43)27(17-22-10-6-4-7-11-22)37-30(42)25(14-15-28(40)41)39-34(45)46-19-23-12-8-5-9-13-23/h4-13,16,18,20,25,27H,14-15,17,19H2,1-3H3,(H,35,38)(H,36,43)(H,37,42)(H,39,45)(H,40,41)/t25-,27-/m0/s1. The van der Waals surface area contributed by atoms with Crippen LogP contribution in [0.5, 0.6) is 0 Å². The lowest BCUT2D eigenvalue weighted by molar-refractivity contribution is -0.137. The minimum Gasteiger partial charge on any atom is -0.481 e. The summed E-state index contributed by atoms with van der Waals surface area (Å²) in [6.07, 6.45) is -1.50. The summed E-state index contributed by atoms with van der Waals surface area (Å²) in [4.78, 5) is 68.2. The molecule has 0 saturated heterocycles. The number of carboxylic acid groups (broad SMARTS) is 1. The maximum atomic E-state index is 13.7. The number of benzene rings is 3. The Bertz CT molecular complexity index is 1780. The van der Waals surface area contributed by atoms with Crippen molar-refractivity contribution >= 4 is 46.5 Å². The minimum atomic E-state index is -1.31. The highest BCUT2D eigenvalue weighted by Crippen LogP contribution is 2.22. The summed E-state index contributed by atoms with van der Waals surface area (Å²) in [5, 5.41) is 20.4. The van der Waals surface area contributed by atoms with Crippen LogP contribution in [0.15, 0.2) is 82.0 Å². The number of carboxylic acids is 1. The molecule has 2 atom stereocenters. The van der Waals surface area contributed by atoms with E-state index in [0.717, 1.165) is 11.1 Å². The molecule has 0 bridgehead atoms. The smallest absolute Gasteiger partial charge is 0.408 e. The van der Waals surface area contributed by atoms with Crippen LogP contribution in [0.4, 0.5) is 16.5 Å². The molecule has 0 spiro atoms. The molecule has 5 N–H and O–H groups in total. The van der Waals surface area contributed by atoms with Gasteiger partial charge in [0.25, 0.3) is 6.01 Å².